The van der Waals surface area contributed by atoms with E-state index in [4.69, 9.17) is 0 Å². The number of aromatic nitrogens is 5. The van der Waals surface area contributed by atoms with E-state index in [-0.39, 0.29) is 11.8 Å². The highest BCUT2D eigenvalue weighted by Crippen LogP contribution is 2.25. The zero-order valence-electron chi connectivity index (χ0n) is 13.3. The molecule has 3 heterocycles. The number of nitrogens with one attached hydrogen (secondary N) is 1. The number of piperazine rings is 1. The van der Waals surface area contributed by atoms with Crippen LogP contribution in [0, 0.1) is 5.92 Å². The van der Waals surface area contributed by atoms with Gasteiger partial charge in [0.15, 0.2) is 0 Å². The van der Waals surface area contributed by atoms with Crippen LogP contribution in [0.4, 0.5) is 5.69 Å². The second kappa shape index (κ2) is 5.68. The molecular weight excluding hydrogens is 294 g/mol. The second-order valence-corrected chi connectivity index (χ2v) is 6.34. The highest BCUT2D eigenvalue weighted by Gasteiger charge is 2.31. The molecule has 0 radical (unpaired) electrons. The van der Waals surface area contributed by atoms with Crippen LogP contribution in [0.25, 0.3) is 0 Å². The Bertz CT molecular complexity index is 698. The molecule has 8 heteroatoms. The van der Waals surface area contributed by atoms with Crippen molar-refractivity contribution in [3.63, 3.8) is 0 Å². The number of rotatable bonds is 2. The molecule has 1 amide bonds. The van der Waals surface area contributed by atoms with Crippen LogP contribution in [0.2, 0.25) is 0 Å². The van der Waals surface area contributed by atoms with Gasteiger partial charge in [-0.25, -0.2) is 0 Å². The van der Waals surface area contributed by atoms with E-state index >= 15 is 0 Å². The average molecular weight is 315 g/mol. The maximum Gasteiger partial charge on any atom is 0.226 e. The molecule has 0 aromatic carbocycles. The Kier molecular flexibility index (Phi) is 3.51. The molecule has 8 nitrogen and oxygen atoms in total. The summed E-state index contributed by atoms with van der Waals surface area (Å²) in [6.45, 7) is 3.27. The van der Waals surface area contributed by atoms with Gasteiger partial charge in [0.05, 0.1) is 23.3 Å². The van der Waals surface area contributed by atoms with Crippen molar-refractivity contribution in [1.82, 2.24) is 30.1 Å². The van der Waals surface area contributed by atoms with Gasteiger partial charge in [-0.05, 0) is 12.8 Å². The lowest BCUT2D eigenvalue weighted by molar-refractivity contribution is -0.136. The molecule has 0 spiro atoms. The number of carbonyl (C=O) groups is 1. The van der Waals surface area contributed by atoms with Gasteiger partial charge in [0.1, 0.15) is 0 Å². The Labute approximate surface area is 134 Å². The van der Waals surface area contributed by atoms with Crippen LogP contribution < -0.4 is 4.90 Å². The van der Waals surface area contributed by atoms with Crippen molar-refractivity contribution in [2.75, 3.05) is 31.1 Å². The third-order valence-electron chi connectivity index (χ3n) is 4.87. The van der Waals surface area contributed by atoms with E-state index in [1.807, 2.05) is 29.0 Å². The van der Waals surface area contributed by atoms with E-state index in [0.29, 0.717) is 6.42 Å². The molecular formula is C15H21N7O. The van der Waals surface area contributed by atoms with Crippen molar-refractivity contribution < 1.29 is 4.79 Å². The predicted octanol–water partition coefficient (Wildman–Crippen LogP) is -0.00810. The fraction of sp³-hybridized carbons (Fsp3) is 0.600. The smallest absolute Gasteiger partial charge is 0.226 e. The lowest BCUT2D eigenvalue weighted by atomic mass is 9.88. The molecule has 1 unspecified atom stereocenters. The van der Waals surface area contributed by atoms with Gasteiger partial charge in [0.2, 0.25) is 5.91 Å². The Morgan fingerprint density at radius 1 is 1.22 bits per heavy atom. The number of H-pyrrole nitrogens is 1. The monoisotopic (exact) mass is 315 g/mol. The minimum Gasteiger partial charge on any atom is -0.365 e. The largest absolute Gasteiger partial charge is 0.365 e. The molecule has 1 saturated heterocycles. The molecule has 1 aliphatic heterocycles. The van der Waals surface area contributed by atoms with Gasteiger partial charge >= 0.3 is 0 Å². The van der Waals surface area contributed by atoms with Crippen molar-refractivity contribution in [2.24, 2.45) is 13.0 Å². The predicted molar refractivity (Wildman–Crippen MR) is 83.9 cm³/mol. The number of hydrogen-bond acceptors (Lipinski definition) is 5. The van der Waals surface area contributed by atoms with Gasteiger partial charge in [-0.15, -0.1) is 0 Å². The third kappa shape index (κ3) is 2.69. The average Bonchev–Trinajstić information content (AvgIpc) is 3.22. The summed E-state index contributed by atoms with van der Waals surface area (Å²) in [6.07, 6.45) is 6.34. The molecule has 1 N–H and O–H groups in total. The summed E-state index contributed by atoms with van der Waals surface area (Å²) in [4.78, 5) is 17.1. The summed E-state index contributed by atoms with van der Waals surface area (Å²) in [5.74, 6) is 0.321. The summed E-state index contributed by atoms with van der Waals surface area (Å²) in [7, 11) is 1.92. The fourth-order valence-electron chi connectivity index (χ4n) is 3.51. The first kappa shape index (κ1) is 14.2. The summed E-state index contributed by atoms with van der Waals surface area (Å²) < 4.78 is 1.81. The van der Waals surface area contributed by atoms with Gasteiger partial charge < -0.3 is 9.80 Å². The molecule has 0 saturated carbocycles. The number of fused-ring (bicyclic) bond motifs is 1. The fourth-order valence-corrected chi connectivity index (χ4v) is 3.51. The third-order valence-corrected chi connectivity index (χ3v) is 4.87. The quantitative estimate of drug-likeness (QED) is 0.843. The number of carbonyl (C=O) groups excluding carboxylic acids is 1. The Morgan fingerprint density at radius 2 is 2.00 bits per heavy atom. The van der Waals surface area contributed by atoms with E-state index in [2.05, 4.69) is 25.4 Å². The van der Waals surface area contributed by atoms with Gasteiger partial charge in [0, 0.05) is 51.8 Å². The maximum atomic E-state index is 12.8. The lowest BCUT2D eigenvalue weighted by Crippen LogP contribution is -2.51. The molecule has 122 valence electrons. The zero-order chi connectivity index (χ0) is 15.8. The van der Waals surface area contributed by atoms with Gasteiger partial charge in [0.25, 0.3) is 0 Å². The van der Waals surface area contributed by atoms with Gasteiger partial charge in [-0.1, -0.05) is 0 Å². The van der Waals surface area contributed by atoms with Crippen LogP contribution in [-0.2, 0) is 24.7 Å². The molecule has 2 aromatic rings. The highest BCUT2D eigenvalue weighted by atomic mass is 16.2. The van der Waals surface area contributed by atoms with Crippen LogP contribution in [0.3, 0.4) is 0 Å². The lowest BCUT2D eigenvalue weighted by Gasteiger charge is -2.37. The molecule has 0 bridgehead atoms. The Morgan fingerprint density at radius 3 is 2.74 bits per heavy atom. The standard InChI is InChI=1S/C15H21N7O/c1-20-10-12(9-16-20)21-4-6-22(7-5-21)15(23)11-2-3-13-14(8-11)18-19-17-13/h9-11H,2-8H2,1H3,(H,17,18,19). The zero-order valence-corrected chi connectivity index (χ0v) is 13.3. The Hall–Kier alpha value is -2.38. The first-order chi connectivity index (χ1) is 11.2. The number of aryl methyl sites for hydroxylation is 2. The van der Waals surface area contributed by atoms with E-state index in [1.165, 1.54) is 0 Å². The van der Waals surface area contributed by atoms with E-state index in [9.17, 15) is 4.79 Å². The molecule has 1 aliphatic carbocycles. The van der Waals surface area contributed by atoms with Crippen molar-refractivity contribution in [3.8, 4) is 0 Å². The van der Waals surface area contributed by atoms with Crippen molar-refractivity contribution >= 4 is 11.6 Å². The van der Waals surface area contributed by atoms with Crippen molar-refractivity contribution in [2.45, 2.75) is 19.3 Å². The van der Waals surface area contributed by atoms with E-state index in [1.54, 1.807) is 0 Å². The molecule has 4 rings (SSSR count). The number of amides is 1. The van der Waals surface area contributed by atoms with Gasteiger partial charge in [-0.2, -0.15) is 20.5 Å². The summed E-state index contributed by atoms with van der Waals surface area (Å²) in [5.41, 5.74) is 3.11. The minimum absolute atomic E-state index is 0.0533. The number of nitrogens with zero attached hydrogens (tertiary/aromatic N) is 6. The molecule has 23 heavy (non-hydrogen) atoms. The van der Waals surface area contributed by atoms with Crippen LogP contribution in [0.1, 0.15) is 17.8 Å². The first-order valence-electron chi connectivity index (χ1n) is 8.11. The Balaban J connectivity index is 1.36. The molecule has 1 fully saturated rings. The summed E-state index contributed by atoms with van der Waals surface area (Å²) >= 11 is 0. The van der Waals surface area contributed by atoms with Crippen LogP contribution >= 0.6 is 0 Å². The van der Waals surface area contributed by atoms with E-state index < -0.39 is 0 Å². The summed E-state index contributed by atoms with van der Waals surface area (Å²) in [5, 5.41) is 15.2. The SMILES string of the molecule is Cn1cc(N2CCN(C(=O)C3CCc4n[nH]nc4C3)CC2)cn1. The maximum absolute atomic E-state index is 12.8. The van der Waals surface area contributed by atoms with Crippen LogP contribution in [-0.4, -0.2) is 62.2 Å². The number of aromatic amines is 1. The van der Waals surface area contributed by atoms with Gasteiger partial charge in [-0.3, -0.25) is 9.48 Å². The molecule has 2 aliphatic rings. The van der Waals surface area contributed by atoms with Crippen molar-refractivity contribution in [1.29, 1.82) is 0 Å². The topological polar surface area (TPSA) is 82.9 Å². The number of hydrogen-bond donors (Lipinski definition) is 1. The van der Waals surface area contributed by atoms with E-state index in [0.717, 1.165) is 56.1 Å². The summed E-state index contributed by atoms with van der Waals surface area (Å²) in [6, 6.07) is 0. The highest BCUT2D eigenvalue weighted by molar-refractivity contribution is 5.79. The van der Waals surface area contributed by atoms with Crippen molar-refractivity contribution in [3.05, 3.63) is 23.8 Å². The number of anilines is 1. The van der Waals surface area contributed by atoms with Crippen LogP contribution in [0.5, 0.6) is 0 Å². The van der Waals surface area contributed by atoms with Crippen LogP contribution in [0.15, 0.2) is 12.4 Å². The molecule has 1 atom stereocenters. The normalized spacial score (nSPS) is 21.3. The first-order valence-corrected chi connectivity index (χ1v) is 8.11. The second-order valence-electron chi connectivity index (χ2n) is 6.34. The molecule has 2 aromatic heterocycles. The minimum atomic E-state index is 0.0533.